The van der Waals surface area contributed by atoms with E-state index in [2.05, 4.69) is 15.6 Å². The Morgan fingerprint density at radius 2 is 1.46 bits per heavy atom. The summed E-state index contributed by atoms with van der Waals surface area (Å²) in [6.07, 6.45) is 2.20. The number of carbonyl (C=O) groups is 3. The zero-order valence-corrected chi connectivity index (χ0v) is 26.6. The molecule has 0 spiro atoms. The van der Waals surface area contributed by atoms with Crippen LogP contribution in [0.25, 0.3) is 10.9 Å². The zero-order valence-electron chi connectivity index (χ0n) is 25.8. The summed E-state index contributed by atoms with van der Waals surface area (Å²) >= 11 is 0. The molecule has 1 atom stereocenters. The normalized spacial score (nSPS) is 13.2. The molecule has 0 unspecified atom stereocenters. The van der Waals surface area contributed by atoms with Crippen molar-refractivity contribution in [3.05, 3.63) is 137 Å². The van der Waals surface area contributed by atoms with Crippen molar-refractivity contribution < 1.29 is 14.4 Å². The lowest BCUT2D eigenvalue weighted by Crippen LogP contribution is -2.56. The highest BCUT2D eigenvalue weighted by atomic mass is 35.5. The van der Waals surface area contributed by atoms with Crippen LogP contribution in [0.15, 0.2) is 109 Å². The van der Waals surface area contributed by atoms with Gasteiger partial charge in [0.1, 0.15) is 6.04 Å². The van der Waals surface area contributed by atoms with Crippen molar-refractivity contribution in [3.8, 4) is 0 Å². The molecule has 236 valence electrons. The van der Waals surface area contributed by atoms with E-state index >= 15 is 0 Å². The van der Waals surface area contributed by atoms with Crippen LogP contribution in [-0.4, -0.2) is 39.2 Å². The number of nitrogens with one attached hydrogen (secondary N) is 3. The van der Waals surface area contributed by atoms with Crippen molar-refractivity contribution in [2.24, 2.45) is 5.73 Å². The second kappa shape index (κ2) is 13.6. The van der Waals surface area contributed by atoms with Gasteiger partial charge in [0.25, 0.3) is 0 Å². The van der Waals surface area contributed by atoms with Crippen molar-refractivity contribution in [2.75, 3.05) is 5.32 Å². The molecule has 8 nitrogen and oxygen atoms in total. The monoisotopic (exact) mass is 635 g/mol. The molecule has 1 aliphatic heterocycles. The van der Waals surface area contributed by atoms with E-state index in [1.54, 1.807) is 18.7 Å². The van der Waals surface area contributed by atoms with Crippen LogP contribution in [0.1, 0.15) is 47.6 Å². The fraction of sp³-hybridized carbons (Fsp3) is 0.216. The average molecular weight is 636 g/mol. The molecule has 46 heavy (non-hydrogen) atoms. The SMILES string of the molecule is CC(C)(N)C(=O)N[C@H](Cc1c[nH]c2ccccc12)C(=O)N1Cc2ccc(NC(=O)C(c3ccccc3)c3ccccc3)cc2C1.Cl. The van der Waals surface area contributed by atoms with Crippen LogP contribution in [0, 0.1) is 0 Å². The van der Waals surface area contributed by atoms with Gasteiger partial charge in [-0.25, -0.2) is 0 Å². The van der Waals surface area contributed by atoms with E-state index in [9.17, 15) is 14.4 Å². The number of fused-ring (bicyclic) bond motifs is 2. The Labute approximate surface area is 274 Å². The topological polar surface area (TPSA) is 120 Å². The molecule has 0 fully saturated rings. The molecule has 4 aromatic carbocycles. The van der Waals surface area contributed by atoms with Gasteiger partial charge in [-0.3, -0.25) is 14.4 Å². The van der Waals surface area contributed by atoms with Crippen molar-refractivity contribution in [3.63, 3.8) is 0 Å². The summed E-state index contributed by atoms with van der Waals surface area (Å²) in [5, 5.41) is 7.03. The summed E-state index contributed by atoms with van der Waals surface area (Å²) in [7, 11) is 0. The Bertz CT molecular complexity index is 1810. The molecule has 1 aliphatic rings. The minimum absolute atomic E-state index is 0. The van der Waals surface area contributed by atoms with E-state index in [4.69, 9.17) is 5.73 Å². The second-order valence-corrected chi connectivity index (χ2v) is 12.2. The number of rotatable bonds is 9. The first-order chi connectivity index (χ1) is 21.7. The third kappa shape index (κ3) is 6.98. The van der Waals surface area contributed by atoms with Gasteiger partial charge in [-0.1, -0.05) is 84.9 Å². The first kappa shape index (κ1) is 32.5. The van der Waals surface area contributed by atoms with Gasteiger partial charge in [0, 0.05) is 42.3 Å². The largest absolute Gasteiger partial charge is 0.361 e. The van der Waals surface area contributed by atoms with Gasteiger partial charge in [-0.15, -0.1) is 12.4 Å². The third-order valence-corrected chi connectivity index (χ3v) is 8.32. The van der Waals surface area contributed by atoms with Crippen LogP contribution in [0.2, 0.25) is 0 Å². The number of aromatic nitrogens is 1. The number of nitrogens with zero attached hydrogens (tertiary/aromatic N) is 1. The highest BCUT2D eigenvalue weighted by Crippen LogP contribution is 2.30. The first-order valence-corrected chi connectivity index (χ1v) is 15.1. The molecule has 5 aromatic rings. The number of hydrogen-bond acceptors (Lipinski definition) is 4. The van der Waals surface area contributed by atoms with Crippen molar-refractivity contribution >= 4 is 46.7 Å². The van der Waals surface area contributed by atoms with Crippen LogP contribution in [-0.2, 0) is 33.9 Å². The molecule has 5 N–H and O–H groups in total. The van der Waals surface area contributed by atoms with E-state index in [0.717, 1.165) is 38.7 Å². The van der Waals surface area contributed by atoms with E-state index in [-0.39, 0.29) is 24.2 Å². The van der Waals surface area contributed by atoms with Crippen LogP contribution < -0.4 is 16.4 Å². The number of nitrogens with two attached hydrogens (primary N) is 1. The van der Waals surface area contributed by atoms with Crippen LogP contribution in [0.4, 0.5) is 5.69 Å². The number of halogens is 1. The third-order valence-electron chi connectivity index (χ3n) is 8.32. The van der Waals surface area contributed by atoms with Crippen LogP contribution in [0.3, 0.4) is 0 Å². The Kier molecular flexibility index (Phi) is 9.60. The Balaban J connectivity index is 0.00000417. The lowest BCUT2D eigenvalue weighted by Gasteiger charge is -2.27. The number of para-hydroxylation sites is 1. The number of benzene rings is 4. The standard InChI is InChI=1S/C37H37N5O3.ClH/c1-37(2,38)36(45)41-32(20-27-21-39-31-16-10-9-15-30(27)31)35(44)42-22-26-17-18-29(19-28(26)23-42)40-34(43)33(24-11-5-3-6-12-24)25-13-7-4-8-14-25;/h3-19,21,32-33,39H,20,22-23,38H2,1-2H3,(H,40,43)(H,41,45);1H/t32-;/m1./s1. The smallest absolute Gasteiger partial charge is 0.246 e. The lowest BCUT2D eigenvalue weighted by molar-refractivity contribution is -0.138. The van der Waals surface area contributed by atoms with Crippen molar-refractivity contribution in [2.45, 2.75) is 50.9 Å². The molecular weight excluding hydrogens is 598 g/mol. The predicted octanol–water partition coefficient (Wildman–Crippen LogP) is 5.67. The minimum atomic E-state index is -1.14. The molecule has 3 amide bonds. The number of carbonyl (C=O) groups excluding carboxylic acids is 3. The Morgan fingerprint density at radius 3 is 2.11 bits per heavy atom. The molecule has 0 bridgehead atoms. The lowest BCUT2D eigenvalue weighted by atomic mass is 9.90. The summed E-state index contributed by atoms with van der Waals surface area (Å²) < 4.78 is 0. The molecule has 2 heterocycles. The van der Waals surface area contributed by atoms with Gasteiger partial charge in [-0.05, 0) is 59.9 Å². The fourth-order valence-corrected chi connectivity index (χ4v) is 5.91. The average Bonchev–Trinajstić information content (AvgIpc) is 3.65. The van der Waals surface area contributed by atoms with E-state index < -0.39 is 23.4 Å². The molecule has 0 radical (unpaired) electrons. The van der Waals surface area contributed by atoms with Gasteiger partial charge in [0.2, 0.25) is 17.7 Å². The van der Waals surface area contributed by atoms with Gasteiger partial charge in [0.15, 0.2) is 0 Å². The van der Waals surface area contributed by atoms with Crippen molar-refractivity contribution in [1.82, 2.24) is 15.2 Å². The van der Waals surface area contributed by atoms with Gasteiger partial charge in [0.05, 0.1) is 11.5 Å². The summed E-state index contributed by atoms with van der Waals surface area (Å²) in [5.41, 5.74) is 11.3. The highest BCUT2D eigenvalue weighted by molar-refractivity contribution is 5.98. The van der Waals surface area contributed by atoms with Gasteiger partial charge < -0.3 is 26.3 Å². The summed E-state index contributed by atoms with van der Waals surface area (Å²) in [6, 6.07) is 32.3. The predicted molar refractivity (Wildman–Crippen MR) is 184 cm³/mol. The summed E-state index contributed by atoms with van der Waals surface area (Å²) in [4.78, 5) is 45.6. The molecule has 6 rings (SSSR count). The summed E-state index contributed by atoms with van der Waals surface area (Å²) in [5.74, 6) is -1.19. The van der Waals surface area contributed by atoms with E-state index in [0.29, 0.717) is 25.2 Å². The van der Waals surface area contributed by atoms with Gasteiger partial charge in [-0.2, -0.15) is 0 Å². The maximum Gasteiger partial charge on any atom is 0.246 e. The minimum Gasteiger partial charge on any atom is -0.361 e. The maximum atomic E-state index is 14.0. The van der Waals surface area contributed by atoms with E-state index in [1.807, 2.05) is 109 Å². The molecule has 0 aliphatic carbocycles. The fourth-order valence-electron chi connectivity index (χ4n) is 5.91. The molecular formula is C37H38ClN5O3. The molecule has 9 heteroatoms. The zero-order chi connectivity index (χ0) is 31.6. The second-order valence-electron chi connectivity index (χ2n) is 12.2. The molecule has 1 aromatic heterocycles. The number of anilines is 1. The number of H-pyrrole nitrogens is 1. The van der Waals surface area contributed by atoms with Gasteiger partial charge >= 0.3 is 0 Å². The Hall–Kier alpha value is -4.92. The Morgan fingerprint density at radius 1 is 0.848 bits per heavy atom. The maximum absolute atomic E-state index is 14.0. The van der Waals surface area contributed by atoms with Crippen LogP contribution >= 0.6 is 12.4 Å². The number of aromatic amines is 1. The molecule has 0 saturated carbocycles. The van der Waals surface area contributed by atoms with Crippen LogP contribution in [0.5, 0.6) is 0 Å². The summed E-state index contributed by atoms with van der Waals surface area (Å²) in [6.45, 7) is 4.02. The number of hydrogen-bond donors (Lipinski definition) is 4. The molecule has 0 saturated heterocycles. The van der Waals surface area contributed by atoms with E-state index in [1.165, 1.54) is 0 Å². The number of amides is 3. The first-order valence-electron chi connectivity index (χ1n) is 15.1. The highest BCUT2D eigenvalue weighted by Gasteiger charge is 2.34. The quantitative estimate of drug-likeness (QED) is 0.167. The van der Waals surface area contributed by atoms with Crippen molar-refractivity contribution in [1.29, 1.82) is 0 Å².